The van der Waals surface area contributed by atoms with Crippen molar-refractivity contribution in [2.24, 2.45) is 0 Å². The first kappa shape index (κ1) is 17.2. The third-order valence-electron chi connectivity index (χ3n) is 3.81. The van der Waals surface area contributed by atoms with Gasteiger partial charge in [0.1, 0.15) is 0 Å². The lowest BCUT2D eigenvalue weighted by atomic mass is 10.1. The van der Waals surface area contributed by atoms with E-state index in [9.17, 15) is 14.4 Å². The second kappa shape index (κ2) is 7.48. The van der Waals surface area contributed by atoms with Gasteiger partial charge in [0.25, 0.3) is 11.8 Å². The van der Waals surface area contributed by atoms with Crippen LogP contribution in [0.25, 0.3) is 0 Å². The van der Waals surface area contributed by atoms with Gasteiger partial charge in [0, 0.05) is 23.2 Å². The van der Waals surface area contributed by atoms with Gasteiger partial charge in [-0.25, -0.2) is 4.79 Å². The fourth-order valence-corrected chi connectivity index (χ4v) is 2.96. The Hall–Kier alpha value is -2.67. The third kappa shape index (κ3) is 3.88. The fraction of sp³-hybridized carbons (Fsp3) is 0.167. The number of para-hydroxylation sites is 1. The molecule has 0 aliphatic carbocycles. The van der Waals surface area contributed by atoms with E-state index in [0.717, 1.165) is 4.47 Å². The van der Waals surface area contributed by atoms with Crippen LogP contribution in [0.15, 0.2) is 53.0 Å². The molecule has 0 atom stereocenters. The van der Waals surface area contributed by atoms with E-state index < -0.39 is 0 Å². The zero-order chi connectivity index (χ0) is 17.8. The van der Waals surface area contributed by atoms with Gasteiger partial charge in [0.05, 0.1) is 11.1 Å². The van der Waals surface area contributed by atoms with Gasteiger partial charge in [-0.1, -0.05) is 34.1 Å². The van der Waals surface area contributed by atoms with E-state index in [2.05, 4.69) is 26.6 Å². The molecule has 1 aliphatic heterocycles. The van der Waals surface area contributed by atoms with Crippen LogP contribution in [-0.4, -0.2) is 35.8 Å². The summed E-state index contributed by atoms with van der Waals surface area (Å²) < 4.78 is 0.758. The van der Waals surface area contributed by atoms with Gasteiger partial charge >= 0.3 is 6.03 Å². The predicted molar refractivity (Wildman–Crippen MR) is 97.6 cm³/mol. The Balaban J connectivity index is 1.48. The highest BCUT2D eigenvalue weighted by atomic mass is 79.9. The molecular formula is C18H16BrN3O3. The van der Waals surface area contributed by atoms with Gasteiger partial charge in [-0.05, 0) is 36.8 Å². The first-order valence-electron chi connectivity index (χ1n) is 7.82. The monoisotopic (exact) mass is 401 g/mol. The molecule has 0 radical (unpaired) electrons. The molecule has 0 saturated carbocycles. The van der Waals surface area contributed by atoms with Crippen molar-refractivity contribution in [1.29, 1.82) is 0 Å². The number of halogens is 1. The quantitative estimate of drug-likeness (QED) is 0.595. The molecule has 4 amide bonds. The minimum Gasteiger partial charge on any atom is -0.338 e. The maximum atomic E-state index is 12.3. The lowest BCUT2D eigenvalue weighted by molar-refractivity contribution is 0.0653. The Bertz CT molecular complexity index is 824. The Morgan fingerprint density at radius 3 is 2.48 bits per heavy atom. The number of amides is 4. The minimum absolute atomic E-state index is 0.260. The van der Waals surface area contributed by atoms with Crippen molar-refractivity contribution < 1.29 is 14.4 Å². The topological polar surface area (TPSA) is 78.5 Å². The highest BCUT2D eigenvalue weighted by Crippen LogP contribution is 2.25. The average molecular weight is 402 g/mol. The summed E-state index contributed by atoms with van der Waals surface area (Å²) in [6.07, 6.45) is 0.481. The molecule has 25 heavy (non-hydrogen) atoms. The Kier molecular flexibility index (Phi) is 5.14. The molecule has 128 valence electrons. The molecule has 1 heterocycles. The van der Waals surface area contributed by atoms with E-state index in [1.807, 2.05) is 18.2 Å². The number of nitrogens with one attached hydrogen (secondary N) is 2. The summed E-state index contributed by atoms with van der Waals surface area (Å²) in [5.41, 5.74) is 1.53. The van der Waals surface area contributed by atoms with Crippen molar-refractivity contribution in [1.82, 2.24) is 10.2 Å². The Morgan fingerprint density at radius 1 is 1.00 bits per heavy atom. The molecule has 0 unspecified atom stereocenters. The first-order valence-corrected chi connectivity index (χ1v) is 8.61. The molecule has 1 aliphatic rings. The van der Waals surface area contributed by atoms with Crippen molar-refractivity contribution >= 4 is 39.5 Å². The van der Waals surface area contributed by atoms with E-state index in [4.69, 9.17) is 0 Å². The van der Waals surface area contributed by atoms with E-state index in [0.29, 0.717) is 29.8 Å². The van der Waals surface area contributed by atoms with Gasteiger partial charge in [0.2, 0.25) is 0 Å². The molecule has 0 fully saturated rings. The fourth-order valence-electron chi connectivity index (χ4n) is 2.60. The molecular weight excluding hydrogens is 386 g/mol. The van der Waals surface area contributed by atoms with Crippen LogP contribution in [0.5, 0.6) is 0 Å². The van der Waals surface area contributed by atoms with Crippen molar-refractivity contribution in [3.63, 3.8) is 0 Å². The van der Waals surface area contributed by atoms with Crippen molar-refractivity contribution in [2.75, 3.05) is 18.4 Å². The number of urea groups is 1. The number of hydrogen-bond acceptors (Lipinski definition) is 3. The number of carbonyl (C=O) groups is 3. The summed E-state index contributed by atoms with van der Waals surface area (Å²) in [7, 11) is 0. The number of anilines is 1. The van der Waals surface area contributed by atoms with E-state index in [1.165, 1.54) is 4.90 Å². The minimum atomic E-state index is -0.322. The molecule has 0 saturated heterocycles. The molecule has 2 N–H and O–H groups in total. The molecule has 2 aromatic rings. The highest BCUT2D eigenvalue weighted by Gasteiger charge is 2.34. The summed E-state index contributed by atoms with van der Waals surface area (Å²) in [6.45, 7) is 0.616. The van der Waals surface area contributed by atoms with E-state index in [-0.39, 0.29) is 24.4 Å². The summed E-state index contributed by atoms with van der Waals surface area (Å²) in [4.78, 5) is 37.6. The van der Waals surface area contributed by atoms with Gasteiger partial charge in [-0.3, -0.25) is 14.5 Å². The number of hydrogen-bond donors (Lipinski definition) is 2. The zero-order valence-electron chi connectivity index (χ0n) is 13.3. The van der Waals surface area contributed by atoms with Crippen LogP contribution < -0.4 is 10.6 Å². The molecule has 0 spiro atoms. The van der Waals surface area contributed by atoms with Crippen molar-refractivity contribution in [2.45, 2.75) is 6.42 Å². The Morgan fingerprint density at radius 2 is 1.72 bits per heavy atom. The number of rotatable bonds is 5. The number of benzene rings is 2. The van der Waals surface area contributed by atoms with Gasteiger partial charge in [-0.15, -0.1) is 0 Å². The first-order chi connectivity index (χ1) is 12.1. The van der Waals surface area contributed by atoms with Crippen molar-refractivity contribution in [3.8, 4) is 0 Å². The lowest BCUT2D eigenvalue weighted by Crippen LogP contribution is -2.35. The normalized spacial score (nSPS) is 12.9. The van der Waals surface area contributed by atoms with Crippen LogP contribution in [0, 0.1) is 0 Å². The summed E-state index contributed by atoms with van der Waals surface area (Å²) in [6, 6.07) is 13.8. The SMILES string of the molecule is O=C(NCCCN1C(=O)c2ccc(Br)cc2C1=O)Nc1ccccc1. The van der Waals surface area contributed by atoms with Crippen LogP contribution in [0.2, 0.25) is 0 Å². The number of imide groups is 1. The van der Waals surface area contributed by atoms with Gasteiger partial charge in [0.15, 0.2) is 0 Å². The molecule has 0 aromatic heterocycles. The highest BCUT2D eigenvalue weighted by molar-refractivity contribution is 9.10. The number of nitrogens with zero attached hydrogens (tertiary/aromatic N) is 1. The van der Waals surface area contributed by atoms with Crippen LogP contribution in [-0.2, 0) is 0 Å². The van der Waals surface area contributed by atoms with E-state index in [1.54, 1.807) is 30.3 Å². The van der Waals surface area contributed by atoms with Crippen LogP contribution in [0.3, 0.4) is 0 Å². The third-order valence-corrected chi connectivity index (χ3v) is 4.30. The Labute approximate surface area is 153 Å². The second-order valence-electron chi connectivity index (χ2n) is 5.55. The smallest absolute Gasteiger partial charge is 0.319 e. The predicted octanol–water partition coefficient (Wildman–Crippen LogP) is 3.26. The van der Waals surface area contributed by atoms with Crippen molar-refractivity contribution in [3.05, 3.63) is 64.1 Å². The molecule has 7 heteroatoms. The zero-order valence-corrected chi connectivity index (χ0v) is 14.9. The number of carbonyl (C=O) groups excluding carboxylic acids is 3. The largest absolute Gasteiger partial charge is 0.338 e. The van der Waals surface area contributed by atoms with Crippen LogP contribution >= 0.6 is 15.9 Å². The summed E-state index contributed by atoms with van der Waals surface area (Å²) in [5.74, 6) is -0.587. The molecule has 2 aromatic carbocycles. The standard InChI is InChI=1S/C18H16BrN3O3/c19-12-7-8-14-15(11-12)17(24)22(16(14)23)10-4-9-20-18(25)21-13-5-2-1-3-6-13/h1-3,5-8,11H,4,9-10H2,(H2,20,21,25). The van der Waals surface area contributed by atoms with Crippen LogP contribution in [0.1, 0.15) is 27.1 Å². The lowest BCUT2D eigenvalue weighted by Gasteiger charge is -2.14. The van der Waals surface area contributed by atoms with Gasteiger partial charge < -0.3 is 10.6 Å². The number of fused-ring (bicyclic) bond motifs is 1. The van der Waals surface area contributed by atoms with Gasteiger partial charge in [-0.2, -0.15) is 0 Å². The van der Waals surface area contributed by atoms with Crippen LogP contribution in [0.4, 0.5) is 10.5 Å². The maximum Gasteiger partial charge on any atom is 0.319 e. The summed E-state index contributed by atoms with van der Waals surface area (Å²) >= 11 is 3.30. The maximum absolute atomic E-state index is 12.3. The summed E-state index contributed by atoms with van der Waals surface area (Å²) in [5, 5.41) is 5.41. The second-order valence-corrected chi connectivity index (χ2v) is 6.47. The average Bonchev–Trinajstić information content (AvgIpc) is 2.83. The molecule has 0 bridgehead atoms. The van der Waals surface area contributed by atoms with E-state index >= 15 is 0 Å². The molecule has 3 rings (SSSR count). The molecule has 6 nitrogen and oxygen atoms in total.